The molecule has 0 saturated carbocycles. The summed E-state index contributed by atoms with van der Waals surface area (Å²) in [6.07, 6.45) is 0.526. The third kappa shape index (κ3) is 3.38. The van der Waals surface area contributed by atoms with Crippen molar-refractivity contribution in [3.63, 3.8) is 0 Å². The number of halogens is 1. The minimum Gasteiger partial charge on any atom is -0.424 e. The maximum atomic E-state index is 13.2. The Morgan fingerprint density at radius 2 is 2.33 bits per heavy atom. The number of carbonyl (C=O) groups excluding carboxylic acids is 2. The van der Waals surface area contributed by atoms with Crippen LogP contribution in [0.5, 0.6) is 5.75 Å². The molecule has 0 spiro atoms. The average molecular weight is 211 g/mol. The second-order valence-electron chi connectivity index (χ2n) is 2.86. The SMILES string of the molecule is CC(=O)Oc1ccc(CNC=O)cc1F. The molecule has 0 radical (unpaired) electrons. The highest BCUT2D eigenvalue weighted by molar-refractivity contribution is 5.69. The van der Waals surface area contributed by atoms with Crippen molar-refractivity contribution in [2.75, 3.05) is 0 Å². The van der Waals surface area contributed by atoms with E-state index < -0.39 is 11.8 Å². The van der Waals surface area contributed by atoms with Crippen LogP contribution >= 0.6 is 0 Å². The van der Waals surface area contributed by atoms with Crippen LogP contribution in [0.3, 0.4) is 0 Å². The van der Waals surface area contributed by atoms with Gasteiger partial charge < -0.3 is 10.1 Å². The average Bonchev–Trinajstić information content (AvgIpc) is 2.18. The van der Waals surface area contributed by atoms with E-state index in [1.165, 1.54) is 19.1 Å². The lowest BCUT2D eigenvalue weighted by Gasteiger charge is -2.05. The molecule has 1 N–H and O–H groups in total. The molecule has 0 aliphatic rings. The zero-order valence-electron chi connectivity index (χ0n) is 8.12. The van der Waals surface area contributed by atoms with Crippen molar-refractivity contribution in [3.05, 3.63) is 29.6 Å². The van der Waals surface area contributed by atoms with E-state index >= 15 is 0 Å². The molecule has 5 heteroatoms. The van der Waals surface area contributed by atoms with E-state index in [4.69, 9.17) is 0 Å². The molecule has 80 valence electrons. The van der Waals surface area contributed by atoms with Crippen LogP contribution in [-0.2, 0) is 16.1 Å². The van der Waals surface area contributed by atoms with Crippen LogP contribution in [0.4, 0.5) is 4.39 Å². The Hall–Kier alpha value is -1.91. The molecule has 4 nitrogen and oxygen atoms in total. The second-order valence-corrected chi connectivity index (χ2v) is 2.86. The van der Waals surface area contributed by atoms with E-state index in [0.29, 0.717) is 12.0 Å². The molecule has 0 fully saturated rings. The molecule has 1 rings (SSSR count). The fourth-order valence-corrected chi connectivity index (χ4v) is 1.05. The lowest BCUT2D eigenvalue weighted by atomic mass is 10.2. The summed E-state index contributed by atoms with van der Waals surface area (Å²) in [7, 11) is 0. The van der Waals surface area contributed by atoms with Gasteiger partial charge in [0, 0.05) is 13.5 Å². The fourth-order valence-electron chi connectivity index (χ4n) is 1.05. The van der Waals surface area contributed by atoms with Gasteiger partial charge in [0.25, 0.3) is 0 Å². The Labute approximate surface area is 86.0 Å². The number of hydrogen-bond acceptors (Lipinski definition) is 3. The van der Waals surface area contributed by atoms with Gasteiger partial charge in [0.1, 0.15) is 0 Å². The molecular weight excluding hydrogens is 201 g/mol. The van der Waals surface area contributed by atoms with Crippen LogP contribution in [0.15, 0.2) is 18.2 Å². The molecule has 0 aliphatic heterocycles. The highest BCUT2D eigenvalue weighted by Gasteiger charge is 2.06. The molecule has 0 atom stereocenters. The molecule has 1 amide bonds. The van der Waals surface area contributed by atoms with Gasteiger partial charge in [0.2, 0.25) is 6.41 Å². The van der Waals surface area contributed by atoms with Gasteiger partial charge in [-0.2, -0.15) is 0 Å². The van der Waals surface area contributed by atoms with Crippen molar-refractivity contribution < 1.29 is 18.7 Å². The topological polar surface area (TPSA) is 55.4 Å². The molecule has 0 unspecified atom stereocenters. The summed E-state index contributed by atoms with van der Waals surface area (Å²) in [6, 6.07) is 4.12. The summed E-state index contributed by atoms with van der Waals surface area (Å²) < 4.78 is 17.8. The fraction of sp³-hybridized carbons (Fsp3) is 0.200. The number of esters is 1. The Morgan fingerprint density at radius 3 is 2.87 bits per heavy atom. The van der Waals surface area contributed by atoms with Crippen molar-refractivity contribution in [2.45, 2.75) is 13.5 Å². The normalized spacial score (nSPS) is 9.47. The van der Waals surface area contributed by atoms with Gasteiger partial charge in [0.15, 0.2) is 11.6 Å². The number of rotatable bonds is 4. The van der Waals surface area contributed by atoms with Crippen LogP contribution in [0.2, 0.25) is 0 Å². The quantitative estimate of drug-likeness (QED) is 0.459. The number of hydrogen-bond donors (Lipinski definition) is 1. The predicted octanol–water partition coefficient (Wildman–Crippen LogP) is 0.997. The summed E-state index contributed by atoms with van der Waals surface area (Å²) >= 11 is 0. The molecular formula is C10H10FNO3. The van der Waals surface area contributed by atoms with Crippen molar-refractivity contribution >= 4 is 12.4 Å². The predicted molar refractivity (Wildman–Crippen MR) is 50.6 cm³/mol. The van der Waals surface area contributed by atoms with Gasteiger partial charge in [-0.1, -0.05) is 6.07 Å². The van der Waals surface area contributed by atoms with Gasteiger partial charge in [-0.15, -0.1) is 0 Å². The maximum absolute atomic E-state index is 13.2. The first-order valence-corrected chi connectivity index (χ1v) is 4.27. The van der Waals surface area contributed by atoms with E-state index in [1.807, 2.05) is 0 Å². The number of ether oxygens (including phenoxy) is 1. The van der Waals surface area contributed by atoms with Crippen molar-refractivity contribution in [1.82, 2.24) is 5.32 Å². The van der Waals surface area contributed by atoms with Gasteiger partial charge in [0.05, 0.1) is 0 Å². The van der Waals surface area contributed by atoms with E-state index in [-0.39, 0.29) is 12.3 Å². The summed E-state index contributed by atoms with van der Waals surface area (Å²) in [5, 5.41) is 2.40. The Balaban J connectivity index is 2.78. The number of amides is 1. The minimum absolute atomic E-state index is 0.114. The van der Waals surface area contributed by atoms with Gasteiger partial charge in [-0.05, 0) is 17.7 Å². The number of nitrogens with one attached hydrogen (secondary N) is 1. The highest BCUT2D eigenvalue weighted by atomic mass is 19.1. The number of carbonyl (C=O) groups is 2. The second kappa shape index (κ2) is 5.09. The molecule has 0 aromatic heterocycles. The van der Waals surface area contributed by atoms with Crippen molar-refractivity contribution in [1.29, 1.82) is 0 Å². The van der Waals surface area contributed by atoms with E-state index in [9.17, 15) is 14.0 Å². The molecule has 0 aliphatic carbocycles. The Morgan fingerprint density at radius 1 is 1.60 bits per heavy atom. The van der Waals surface area contributed by atoms with Crippen LogP contribution in [0, 0.1) is 5.82 Å². The summed E-state index contributed by atoms with van der Waals surface area (Å²) in [4.78, 5) is 20.6. The minimum atomic E-state index is -0.629. The largest absolute Gasteiger partial charge is 0.424 e. The van der Waals surface area contributed by atoms with Gasteiger partial charge >= 0.3 is 5.97 Å². The smallest absolute Gasteiger partial charge is 0.308 e. The molecule has 0 saturated heterocycles. The summed E-state index contributed by atoms with van der Waals surface area (Å²) in [5.41, 5.74) is 0.593. The standard InChI is InChI=1S/C10H10FNO3/c1-7(14)15-10-3-2-8(4-9(10)11)5-12-6-13/h2-4,6H,5H2,1H3,(H,12,13). The first-order chi connectivity index (χ1) is 7.13. The van der Waals surface area contributed by atoms with Crippen LogP contribution in [-0.4, -0.2) is 12.4 Å². The van der Waals surface area contributed by atoms with Gasteiger partial charge in [-0.25, -0.2) is 4.39 Å². The maximum Gasteiger partial charge on any atom is 0.308 e. The van der Waals surface area contributed by atoms with E-state index in [0.717, 1.165) is 0 Å². The molecule has 0 bridgehead atoms. The molecule has 15 heavy (non-hydrogen) atoms. The molecule has 1 aromatic carbocycles. The molecule has 0 heterocycles. The Bertz CT molecular complexity index is 379. The Kier molecular flexibility index (Phi) is 3.79. The summed E-state index contributed by atoms with van der Waals surface area (Å²) in [6.45, 7) is 1.43. The van der Waals surface area contributed by atoms with Gasteiger partial charge in [-0.3, -0.25) is 9.59 Å². The zero-order valence-corrected chi connectivity index (χ0v) is 8.12. The third-order valence-corrected chi connectivity index (χ3v) is 1.64. The monoisotopic (exact) mass is 211 g/mol. The molecule has 1 aromatic rings. The van der Waals surface area contributed by atoms with Crippen LogP contribution in [0.25, 0.3) is 0 Å². The van der Waals surface area contributed by atoms with Crippen LogP contribution < -0.4 is 10.1 Å². The third-order valence-electron chi connectivity index (χ3n) is 1.64. The van der Waals surface area contributed by atoms with Crippen molar-refractivity contribution in [3.8, 4) is 5.75 Å². The summed E-state index contributed by atoms with van der Waals surface area (Å²) in [5.74, 6) is -1.32. The first-order valence-electron chi connectivity index (χ1n) is 4.27. The number of benzene rings is 1. The first kappa shape index (κ1) is 11.2. The lowest BCUT2D eigenvalue weighted by molar-refractivity contribution is -0.132. The van der Waals surface area contributed by atoms with E-state index in [1.54, 1.807) is 6.07 Å². The lowest BCUT2D eigenvalue weighted by Crippen LogP contribution is -2.10. The highest BCUT2D eigenvalue weighted by Crippen LogP contribution is 2.18. The van der Waals surface area contributed by atoms with Crippen molar-refractivity contribution in [2.24, 2.45) is 0 Å². The van der Waals surface area contributed by atoms with E-state index in [2.05, 4.69) is 10.1 Å². The zero-order chi connectivity index (χ0) is 11.3. The van der Waals surface area contributed by atoms with Crippen LogP contribution in [0.1, 0.15) is 12.5 Å².